The van der Waals surface area contributed by atoms with E-state index >= 15 is 0 Å². The normalized spacial score (nSPS) is 12.0. The molecule has 0 saturated carbocycles. The molecule has 0 aliphatic carbocycles. The first-order valence-corrected chi connectivity index (χ1v) is 10.6. The third kappa shape index (κ3) is 5.91. The van der Waals surface area contributed by atoms with Crippen LogP contribution in [0.2, 0.25) is 0 Å². The van der Waals surface area contributed by atoms with Gasteiger partial charge in [0, 0.05) is 24.3 Å². The highest BCUT2D eigenvalue weighted by molar-refractivity contribution is 7.89. The third-order valence-corrected chi connectivity index (χ3v) is 5.77. The van der Waals surface area contributed by atoms with Gasteiger partial charge in [-0.25, -0.2) is 8.42 Å². The first-order chi connectivity index (χ1) is 12.7. The molecule has 5 nitrogen and oxygen atoms in total. The molecule has 0 saturated heterocycles. The van der Waals surface area contributed by atoms with E-state index in [1.807, 2.05) is 33.8 Å². The van der Waals surface area contributed by atoms with Crippen molar-refractivity contribution in [3.05, 3.63) is 60.2 Å². The number of carbonyl (C=O) groups is 1. The minimum Gasteiger partial charge on any atom is -0.322 e. The van der Waals surface area contributed by atoms with Crippen molar-refractivity contribution in [3.63, 3.8) is 0 Å². The Balaban J connectivity index is 2.17. The van der Waals surface area contributed by atoms with Crippen molar-refractivity contribution in [1.82, 2.24) is 4.31 Å². The molecular formula is C21H28N2O3S. The zero-order chi connectivity index (χ0) is 20.0. The molecule has 2 aromatic rings. The summed E-state index contributed by atoms with van der Waals surface area (Å²) in [6.07, 6.45) is 0. The SMILES string of the molecule is CC(C)CN(CC(C)C)S(=O)(=O)c1ccc(NC(=O)c2ccccc2)cc1. The second-order valence-corrected chi connectivity index (χ2v) is 9.39. The lowest BCUT2D eigenvalue weighted by Gasteiger charge is -2.25. The summed E-state index contributed by atoms with van der Waals surface area (Å²) in [6.45, 7) is 8.98. The molecule has 2 rings (SSSR count). The van der Waals surface area contributed by atoms with E-state index in [2.05, 4.69) is 5.32 Å². The molecule has 0 aliphatic heterocycles. The van der Waals surface area contributed by atoms with E-state index < -0.39 is 10.0 Å². The van der Waals surface area contributed by atoms with E-state index in [0.717, 1.165) is 0 Å². The van der Waals surface area contributed by atoms with E-state index in [4.69, 9.17) is 0 Å². The molecule has 1 N–H and O–H groups in total. The molecule has 146 valence electrons. The summed E-state index contributed by atoms with van der Waals surface area (Å²) in [5, 5.41) is 2.78. The first kappa shape index (κ1) is 21.1. The van der Waals surface area contributed by atoms with E-state index in [1.165, 1.54) is 0 Å². The molecule has 0 radical (unpaired) electrons. The number of benzene rings is 2. The van der Waals surface area contributed by atoms with E-state index in [0.29, 0.717) is 24.3 Å². The number of carbonyl (C=O) groups excluding carboxylic acids is 1. The lowest BCUT2D eigenvalue weighted by atomic mass is 10.2. The maximum atomic E-state index is 13.0. The molecule has 1 amide bonds. The molecule has 0 heterocycles. The van der Waals surface area contributed by atoms with E-state index in [-0.39, 0.29) is 22.6 Å². The number of nitrogens with zero attached hydrogens (tertiary/aromatic N) is 1. The zero-order valence-corrected chi connectivity index (χ0v) is 17.2. The average Bonchev–Trinajstić information content (AvgIpc) is 2.61. The first-order valence-electron chi connectivity index (χ1n) is 9.16. The van der Waals surface area contributed by atoms with Crippen LogP contribution in [0.4, 0.5) is 5.69 Å². The number of anilines is 1. The van der Waals surface area contributed by atoms with Crippen molar-refractivity contribution in [1.29, 1.82) is 0 Å². The van der Waals surface area contributed by atoms with E-state index in [9.17, 15) is 13.2 Å². The van der Waals surface area contributed by atoms with Crippen LogP contribution in [-0.4, -0.2) is 31.7 Å². The van der Waals surface area contributed by atoms with Crippen molar-refractivity contribution < 1.29 is 13.2 Å². The minimum atomic E-state index is -3.57. The summed E-state index contributed by atoms with van der Waals surface area (Å²) in [4.78, 5) is 12.4. The highest BCUT2D eigenvalue weighted by Gasteiger charge is 2.25. The van der Waals surface area contributed by atoms with Crippen LogP contribution >= 0.6 is 0 Å². The maximum absolute atomic E-state index is 13.0. The standard InChI is InChI=1S/C21H28N2O3S/c1-16(2)14-23(15-17(3)4)27(25,26)20-12-10-19(11-13-20)22-21(24)18-8-6-5-7-9-18/h5-13,16-17H,14-15H2,1-4H3,(H,22,24). The summed E-state index contributed by atoms with van der Waals surface area (Å²) in [5.41, 5.74) is 1.11. The lowest BCUT2D eigenvalue weighted by Crippen LogP contribution is -2.37. The van der Waals surface area contributed by atoms with Gasteiger partial charge in [0.1, 0.15) is 0 Å². The Labute approximate surface area is 162 Å². The Kier molecular flexibility index (Phi) is 7.16. The second kappa shape index (κ2) is 9.15. The molecular weight excluding hydrogens is 360 g/mol. The van der Waals surface area contributed by atoms with Gasteiger partial charge in [0.05, 0.1) is 4.90 Å². The van der Waals surface area contributed by atoms with Crippen LogP contribution in [0.5, 0.6) is 0 Å². The fourth-order valence-electron chi connectivity index (χ4n) is 2.74. The topological polar surface area (TPSA) is 66.5 Å². The Hall–Kier alpha value is -2.18. The monoisotopic (exact) mass is 388 g/mol. The minimum absolute atomic E-state index is 0.229. The highest BCUT2D eigenvalue weighted by Crippen LogP contribution is 2.21. The zero-order valence-electron chi connectivity index (χ0n) is 16.3. The summed E-state index contributed by atoms with van der Waals surface area (Å²) >= 11 is 0. The van der Waals surface area contributed by atoms with Crippen LogP contribution < -0.4 is 5.32 Å². The predicted molar refractivity (Wildman–Crippen MR) is 109 cm³/mol. The van der Waals surface area contributed by atoms with Gasteiger partial charge < -0.3 is 5.32 Å². The largest absolute Gasteiger partial charge is 0.322 e. The van der Waals surface area contributed by atoms with Crippen molar-refractivity contribution in [2.24, 2.45) is 11.8 Å². The van der Waals surface area contributed by atoms with Gasteiger partial charge in [-0.1, -0.05) is 45.9 Å². The average molecular weight is 389 g/mol. The second-order valence-electron chi connectivity index (χ2n) is 7.45. The van der Waals surface area contributed by atoms with Crippen molar-refractivity contribution >= 4 is 21.6 Å². The Bertz CT molecular complexity index is 835. The maximum Gasteiger partial charge on any atom is 0.255 e. The Morgan fingerprint density at radius 2 is 1.41 bits per heavy atom. The van der Waals surface area contributed by atoms with Crippen LogP contribution in [0.1, 0.15) is 38.1 Å². The number of amides is 1. The van der Waals surface area contributed by atoms with Crippen molar-refractivity contribution in [2.75, 3.05) is 18.4 Å². The number of rotatable bonds is 8. The van der Waals surface area contributed by atoms with Gasteiger partial charge in [0.2, 0.25) is 10.0 Å². The predicted octanol–water partition coefficient (Wildman–Crippen LogP) is 4.24. The van der Waals surface area contributed by atoms with Crippen LogP contribution in [0.15, 0.2) is 59.5 Å². The van der Waals surface area contributed by atoms with Gasteiger partial charge in [-0.2, -0.15) is 4.31 Å². The van der Waals surface area contributed by atoms with Gasteiger partial charge in [-0.05, 0) is 48.2 Å². The quantitative estimate of drug-likeness (QED) is 0.735. The molecule has 2 aromatic carbocycles. The highest BCUT2D eigenvalue weighted by atomic mass is 32.2. The van der Waals surface area contributed by atoms with Gasteiger partial charge in [0.15, 0.2) is 0 Å². The van der Waals surface area contributed by atoms with Crippen LogP contribution in [-0.2, 0) is 10.0 Å². The summed E-state index contributed by atoms with van der Waals surface area (Å²) in [7, 11) is -3.57. The molecule has 27 heavy (non-hydrogen) atoms. The summed E-state index contributed by atoms with van der Waals surface area (Å²) in [5.74, 6) is 0.248. The lowest BCUT2D eigenvalue weighted by molar-refractivity contribution is 0.102. The summed E-state index contributed by atoms with van der Waals surface area (Å²) < 4.78 is 27.5. The fourth-order valence-corrected chi connectivity index (χ4v) is 4.50. The molecule has 0 unspecified atom stereocenters. The van der Waals surface area contributed by atoms with Crippen LogP contribution in [0.25, 0.3) is 0 Å². The molecule has 0 fully saturated rings. The molecule has 0 atom stereocenters. The molecule has 0 bridgehead atoms. The number of nitrogens with one attached hydrogen (secondary N) is 1. The fraction of sp³-hybridized carbons (Fsp3) is 0.381. The van der Waals surface area contributed by atoms with Crippen LogP contribution in [0.3, 0.4) is 0 Å². The smallest absolute Gasteiger partial charge is 0.255 e. The van der Waals surface area contributed by atoms with Crippen molar-refractivity contribution in [3.8, 4) is 0 Å². The van der Waals surface area contributed by atoms with Gasteiger partial charge in [-0.15, -0.1) is 0 Å². The Morgan fingerprint density at radius 1 is 0.889 bits per heavy atom. The van der Waals surface area contributed by atoms with Crippen molar-refractivity contribution in [2.45, 2.75) is 32.6 Å². The molecule has 0 aromatic heterocycles. The summed E-state index contributed by atoms with van der Waals surface area (Å²) in [6, 6.07) is 15.2. The van der Waals surface area contributed by atoms with Crippen LogP contribution in [0, 0.1) is 11.8 Å². The number of hydrogen-bond donors (Lipinski definition) is 1. The number of hydrogen-bond acceptors (Lipinski definition) is 3. The molecule has 0 aliphatic rings. The van der Waals surface area contributed by atoms with Gasteiger partial charge in [-0.3, -0.25) is 4.79 Å². The molecule has 6 heteroatoms. The molecule has 0 spiro atoms. The Morgan fingerprint density at radius 3 is 1.89 bits per heavy atom. The number of sulfonamides is 1. The third-order valence-electron chi connectivity index (χ3n) is 3.92. The van der Waals surface area contributed by atoms with E-state index in [1.54, 1.807) is 52.8 Å². The van der Waals surface area contributed by atoms with Gasteiger partial charge in [0.25, 0.3) is 5.91 Å². The van der Waals surface area contributed by atoms with Gasteiger partial charge >= 0.3 is 0 Å².